The Kier molecular flexibility index (Phi) is 7.93. The molecule has 4 nitrogen and oxygen atoms in total. The van der Waals surface area contributed by atoms with Crippen molar-refractivity contribution in [2.24, 2.45) is 0 Å². The first-order chi connectivity index (χ1) is 7.13. The summed E-state index contributed by atoms with van der Waals surface area (Å²) in [5.41, 5.74) is 0. The molecule has 0 spiro atoms. The second kappa shape index (κ2) is 8.42. The zero-order valence-electron chi connectivity index (χ0n) is 9.72. The number of carbonyl (C=O) groups excluding carboxylic acids is 2. The molecule has 2 N–H and O–H groups in total. The number of carbonyl (C=O) groups is 2. The van der Waals surface area contributed by atoms with Gasteiger partial charge in [-0.05, 0) is 6.92 Å². The van der Waals surface area contributed by atoms with Gasteiger partial charge in [-0.3, -0.25) is 9.59 Å². The molecular weight excluding hydrogens is 224 g/mol. The Morgan fingerprint density at radius 1 is 1.07 bits per heavy atom. The maximum absolute atomic E-state index is 11.1. The fourth-order valence-electron chi connectivity index (χ4n) is 0.941. The van der Waals surface area contributed by atoms with Crippen molar-refractivity contribution < 1.29 is 9.59 Å². The molecule has 0 radical (unpaired) electrons. The van der Waals surface area contributed by atoms with Crippen LogP contribution in [0.15, 0.2) is 10.9 Å². The second-order valence-corrected chi connectivity index (χ2v) is 7.44. The van der Waals surface area contributed by atoms with Crippen molar-refractivity contribution in [2.75, 3.05) is 0 Å². The summed E-state index contributed by atoms with van der Waals surface area (Å²) in [7, 11) is -1.35. The Balaban J connectivity index is 3.85. The lowest BCUT2D eigenvalue weighted by Gasteiger charge is -2.08. The van der Waals surface area contributed by atoms with Crippen LogP contribution in [0.5, 0.6) is 0 Å². The molecule has 0 fully saturated rings. The standard InChI is InChI=1S/C9H20N2O2Si2/c1-4-7(12)10-14-9(6-3)15-11-8(13)5-2/h6H,4-5,14-15H2,1-3H3,(H,10,12)(H,11,13). The lowest BCUT2D eigenvalue weighted by atomic mass is 10.5. The molecule has 0 aromatic rings. The summed E-state index contributed by atoms with van der Waals surface area (Å²) in [6.07, 6.45) is 3.10. The lowest BCUT2D eigenvalue weighted by Crippen LogP contribution is -2.35. The second-order valence-electron chi connectivity index (χ2n) is 3.21. The van der Waals surface area contributed by atoms with Crippen LogP contribution in [0.25, 0.3) is 0 Å². The number of nitrogens with one attached hydrogen (secondary N) is 2. The van der Waals surface area contributed by atoms with Crippen LogP contribution in [-0.4, -0.2) is 31.2 Å². The molecule has 0 aliphatic heterocycles. The zero-order chi connectivity index (χ0) is 11.7. The summed E-state index contributed by atoms with van der Waals surface area (Å²) < 4.78 is 0. The molecule has 0 aliphatic rings. The highest BCUT2D eigenvalue weighted by Gasteiger charge is 2.03. The topological polar surface area (TPSA) is 58.2 Å². The Bertz CT molecular complexity index is 232. The van der Waals surface area contributed by atoms with Gasteiger partial charge in [-0.2, -0.15) is 0 Å². The average molecular weight is 244 g/mol. The molecule has 15 heavy (non-hydrogen) atoms. The molecule has 0 aromatic carbocycles. The normalized spacial score (nSPS) is 10.9. The molecule has 0 bridgehead atoms. The molecule has 0 unspecified atom stereocenters. The van der Waals surface area contributed by atoms with Crippen molar-refractivity contribution in [1.82, 2.24) is 9.96 Å². The predicted octanol–water partition coefficient (Wildman–Crippen LogP) is -0.932. The first kappa shape index (κ1) is 14.1. The van der Waals surface area contributed by atoms with Gasteiger partial charge in [0.25, 0.3) is 0 Å². The Labute approximate surface area is 95.7 Å². The van der Waals surface area contributed by atoms with E-state index in [0.717, 1.165) is 0 Å². The fourth-order valence-corrected chi connectivity index (χ4v) is 3.95. The van der Waals surface area contributed by atoms with Crippen LogP contribution in [0.1, 0.15) is 33.6 Å². The molecule has 0 rings (SSSR count). The van der Waals surface area contributed by atoms with E-state index in [-0.39, 0.29) is 11.8 Å². The fraction of sp³-hybridized carbons (Fsp3) is 0.556. The summed E-state index contributed by atoms with van der Waals surface area (Å²) in [5, 5.41) is 0. The summed E-state index contributed by atoms with van der Waals surface area (Å²) in [6, 6.07) is 0. The maximum atomic E-state index is 11.1. The van der Waals surface area contributed by atoms with E-state index in [1.54, 1.807) is 0 Å². The Morgan fingerprint density at radius 3 is 1.73 bits per heavy atom. The minimum absolute atomic E-state index is 0.108. The largest absolute Gasteiger partial charge is 0.384 e. The molecule has 0 aromatic heterocycles. The predicted molar refractivity (Wildman–Crippen MR) is 67.7 cm³/mol. The summed E-state index contributed by atoms with van der Waals surface area (Å²) in [4.78, 5) is 29.3. The molecule has 6 heteroatoms. The molecule has 0 aliphatic carbocycles. The van der Waals surface area contributed by atoms with Crippen LogP contribution in [0.4, 0.5) is 0 Å². The van der Waals surface area contributed by atoms with Crippen molar-refractivity contribution in [2.45, 2.75) is 33.6 Å². The number of hydrogen-bond donors (Lipinski definition) is 2. The molecule has 2 amide bonds. The van der Waals surface area contributed by atoms with E-state index in [4.69, 9.17) is 0 Å². The molecule has 0 atom stereocenters. The van der Waals surface area contributed by atoms with Gasteiger partial charge in [-0.15, -0.1) is 0 Å². The summed E-state index contributed by atoms with van der Waals surface area (Å²) in [6.45, 7) is 5.65. The van der Waals surface area contributed by atoms with Gasteiger partial charge in [-0.25, -0.2) is 0 Å². The van der Waals surface area contributed by atoms with Gasteiger partial charge in [0.15, 0.2) is 0 Å². The minimum Gasteiger partial charge on any atom is -0.384 e. The number of amides is 2. The van der Waals surface area contributed by atoms with Crippen molar-refractivity contribution in [3.8, 4) is 0 Å². The number of hydrogen-bond acceptors (Lipinski definition) is 2. The van der Waals surface area contributed by atoms with E-state index in [0.29, 0.717) is 12.8 Å². The van der Waals surface area contributed by atoms with Crippen molar-refractivity contribution in [1.29, 1.82) is 0 Å². The monoisotopic (exact) mass is 244 g/mol. The van der Waals surface area contributed by atoms with Gasteiger partial charge in [0.2, 0.25) is 11.8 Å². The summed E-state index contributed by atoms with van der Waals surface area (Å²) >= 11 is 0. The van der Waals surface area contributed by atoms with Crippen molar-refractivity contribution in [3.05, 3.63) is 10.9 Å². The summed E-state index contributed by atoms with van der Waals surface area (Å²) in [5.74, 6) is 0.216. The van der Waals surface area contributed by atoms with Crippen molar-refractivity contribution in [3.63, 3.8) is 0 Å². The van der Waals surface area contributed by atoms with E-state index >= 15 is 0 Å². The third-order valence-corrected chi connectivity index (χ3v) is 6.44. The highest BCUT2D eigenvalue weighted by molar-refractivity contribution is 6.69. The molecule has 0 saturated carbocycles. The van der Waals surface area contributed by atoms with E-state index < -0.39 is 19.4 Å². The molecule has 86 valence electrons. The van der Waals surface area contributed by atoms with E-state index in [1.165, 1.54) is 4.82 Å². The van der Waals surface area contributed by atoms with Crippen LogP contribution in [-0.2, 0) is 9.59 Å². The quantitative estimate of drug-likeness (QED) is 0.593. The van der Waals surface area contributed by atoms with Gasteiger partial charge in [0.05, 0.1) is 0 Å². The van der Waals surface area contributed by atoms with Gasteiger partial charge >= 0.3 is 0 Å². The lowest BCUT2D eigenvalue weighted by molar-refractivity contribution is -0.119. The van der Waals surface area contributed by atoms with Crippen LogP contribution in [0, 0.1) is 0 Å². The molecule has 0 saturated heterocycles. The van der Waals surface area contributed by atoms with Crippen LogP contribution in [0.3, 0.4) is 0 Å². The number of rotatable bonds is 6. The molecule has 0 heterocycles. The van der Waals surface area contributed by atoms with Gasteiger partial charge < -0.3 is 9.96 Å². The maximum Gasteiger partial charge on any atom is 0.211 e. The highest BCUT2D eigenvalue weighted by atomic mass is 28.3. The van der Waals surface area contributed by atoms with Crippen LogP contribution >= 0.6 is 0 Å². The zero-order valence-corrected chi connectivity index (χ0v) is 12.6. The Morgan fingerprint density at radius 2 is 1.47 bits per heavy atom. The Hall–Kier alpha value is -0.886. The van der Waals surface area contributed by atoms with Crippen molar-refractivity contribution >= 4 is 31.2 Å². The van der Waals surface area contributed by atoms with Crippen LogP contribution in [0.2, 0.25) is 0 Å². The average Bonchev–Trinajstić information content (AvgIpc) is 2.28. The van der Waals surface area contributed by atoms with Gasteiger partial charge in [0.1, 0.15) is 19.4 Å². The van der Waals surface area contributed by atoms with E-state index in [2.05, 4.69) is 9.96 Å². The van der Waals surface area contributed by atoms with E-state index in [1.807, 2.05) is 26.8 Å². The van der Waals surface area contributed by atoms with Gasteiger partial charge in [0, 0.05) is 12.8 Å². The minimum atomic E-state index is -0.675. The highest BCUT2D eigenvalue weighted by Crippen LogP contribution is 1.86. The number of allylic oxidation sites excluding steroid dienone is 1. The van der Waals surface area contributed by atoms with Gasteiger partial charge in [-0.1, -0.05) is 24.7 Å². The van der Waals surface area contributed by atoms with E-state index in [9.17, 15) is 9.59 Å². The van der Waals surface area contributed by atoms with Crippen LogP contribution < -0.4 is 9.96 Å². The first-order valence-corrected chi connectivity index (χ1v) is 8.14. The molecular formula is C9H20N2O2Si2. The third-order valence-electron chi connectivity index (χ3n) is 2.08. The first-order valence-electron chi connectivity index (χ1n) is 5.31. The third kappa shape index (κ3) is 7.09. The smallest absolute Gasteiger partial charge is 0.211 e. The SMILES string of the molecule is CC=C([SiH2]NC(=O)CC)[SiH2]NC(=O)CC.